The predicted molar refractivity (Wildman–Crippen MR) is 70.1 cm³/mol. The van der Waals surface area contributed by atoms with Gasteiger partial charge in [0.05, 0.1) is 0 Å². The Morgan fingerprint density at radius 3 is 2.74 bits per heavy atom. The normalized spacial score (nSPS) is 11.9. The summed E-state index contributed by atoms with van der Waals surface area (Å²) < 4.78 is 1.38. The Kier molecular flexibility index (Phi) is 5.29. The van der Waals surface area contributed by atoms with Crippen LogP contribution in [0.4, 0.5) is 0 Å². The molecule has 104 valence electrons. The van der Waals surface area contributed by atoms with Crippen molar-refractivity contribution in [2.45, 2.75) is 32.2 Å². The SMILES string of the molecule is CC(CCCC(=O)O)NC(=O)c1ccn(C)c(=O)c1. The number of carbonyl (C=O) groups is 2. The second-order valence-electron chi connectivity index (χ2n) is 4.53. The third-order valence-electron chi connectivity index (χ3n) is 2.77. The zero-order chi connectivity index (χ0) is 14.4. The van der Waals surface area contributed by atoms with Gasteiger partial charge in [0.2, 0.25) is 0 Å². The number of aryl methyl sites for hydroxylation is 1. The number of carboxylic acid groups (broad SMARTS) is 1. The number of hydrogen-bond acceptors (Lipinski definition) is 3. The second kappa shape index (κ2) is 6.72. The third-order valence-corrected chi connectivity index (χ3v) is 2.77. The van der Waals surface area contributed by atoms with E-state index in [0.29, 0.717) is 18.4 Å². The molecule has 0 spiro atoms. The quantitative estimate of drug-likeness (QED) is 0.795. The second-order valence-corrected chi connectivity index (χ2v) is 4.53. The first kappa shape index (κ1) is 14.9. The largest absolute Gasteiger partial charge is 0.481 e. The molecular weight excluding hydrogens is 248 g/mol. The molecule has 1 heterocycles. The van der Waals surface area contributed by atoms with Crippen molar-refractivity contribution in [2.24, 2.45) is 7.05 Å². The number of nitrogens with one attached hydrogen (secondary N) is 1. The van der Waals surface area contributed by atoms with E-state index in [0.717, 1.165) is 0 Å². The van der Waals surface area contributed by atoms with Gasteiger partial charge in [-0.3, -0.25) is 14.4 Å². The monoisotopic (exact) mass is 266 g/mol. The van der Waals surface area contributed by atoms with Crippen molar-refractivity contribution in [3.8, 4) is 0 Å². The maximum absolute atomic E-state index is 11.8. The molecule has 1 aromatic heterocycles. The number of hydrogen-bond donors (Lipinski definition) is 2. The average molecular weight is 266 g/mol. The minimum Gasteiger partial charge on any atom is -0.481 e. The summed E-state index contributed by atoms with van der Waals surface area (Å²) in [5.74, 6) is -1.16. The highest BCUT2D eigenvalue weighted by molar-refractivity contribution is 5.94. The lowest BCUT2D eigenvalue weighted by Gasteiger charge is -2.13. The van der Waals surface area contributed by atoms with E-state index < -0.39 is 5.97 Å². The zero-order valence-corrected chi connectivity index (χ0v) is 11.0. The fraction of sp³-hybridized carbons (Fsp3) is 0.462. The lowest BCUT2D eigenvalue weighted by atomic mass is 10.1. The number of carboxylic acids is 1. The molecule has 0 aliphatic carbocycles. The van der Waals surface area contributed by atoms with Crippen LogP contribution in [0.25, 0.3) is 0 Å². The van der Waals surface area contributed by atoms with Crippen molar-refractivity contribution >= 4 is 11.9 Å². The van der Waals surface area contributed by atoms with Gasteiger partial charge < -0.3 is 15.0 Å². The molecule has 2 N–H and O–H groups in total. The number of pyridine rings is 1. The highest BCUT2D eigenvalue weighted by Gasteiger charge is 2.11. The molecule has 0 bridgehead atoms. The molecule has 0 aromatic carbocycles. The highest BCUT2D eigenvalue weighted by Crippen LogP contribution is 2.02. The maximum atomic E-state index is 11.8. The van der Waals surface area contributed by atoms with Gasteiger partial charge >= 0.3 is 5.97 Å². The van der Waals surface area contributed by atoms with Gasteiger partial charge in [0.1, 0.15) is 0 Å². The number of amides is 1. The van der Waals surface area contributed by atoms with E-state index in [1.807, 2.05) is 0 Å². The molecular formula is C13H18N2O4. The van der Waals surface area contributed by atoms with Crippen LogP contribution in [-0.2, 0) is 11.8 Å². The van der Waals surface area contributed by atoms with E-state index in [2.05, 4.69) is 5.32 Å². The summed E-state index contributed by atoms with van der Waals surface area (Å²) in [5, 5.41) is 11.3. The Hall–Kier alpha value is -2.11. The number of carbonyl (C=O) groups excluding carboxylic acids is 1. The Labute approximate surface area is 111 Å². The Balaban J connectivity index is 2.52. The first-order valence-electron chi connectivity index (χ1n) is 6.09. The summed E-state index contributed by atoms with van der Waals surface area (Å²) in [6, 6.07) is 2.72. The van der Waals surface area contributed by atoms with Crippen LogP contribution in [0.5, 0.6) is 0 Å². The fourth-order valence-electron chi connectivity index (χ4n) is 1.63. The van der Waals surface area contributed by atoms with Crippen LogP contribution in [0, 0.1) is 0 Å². The molecule has 6 nitrogen and oxygen atoms in total. The molecule has 0 fully saturated rings. The van der Waals surface area contributed by atoms with Gasteiger partial charge in [-0.25, -0.2) is 0 Å². The standard InChI is InChI=1S/C13H18N2O4/c1-9(4-3-5-12(17)18)14-13(19)10-6-7-15(2)11(16)8-10/h6-9H,3-5H2,1-2H3,(H,14,19)(H,17,18). The predicted octanol–water partition coefficient (Wildman–Crippen LogP) is 0.758. The van der Waals surface area contributed by atoms with Gasteiger partial charge in [-0.2, -0.15) is 0 Å². The van der Waals surface area contributed by atoms with Crippen molar-refractivity contribution in [3.05, 3.63) is 34.2 Å². The minimum absolute atomic E-state index is 0.0894. The molecule has 1 aromatic rings. The lowest BCUT2D eigenvalue weighted by Crippen LogP contribution is -2.33. The molecule has 0 aliphatic heterocycles. The van der Waals surface area contributed by atoms with E-state index in [-0.39, 0.29) is 23.9 Å². The molecule has 0 radical (unpaired) electrons. The Morgan fingerprint density at radius 1 is 1.47 bits per heavy atom. The Morgan fingerprint density at radius 2 is 2.16 bits per heavy atom. The molecule has 1 unspecified atom stereocenters. The molecule has 19 heavy (non-hydrogen) atoms. The number of aromatic nitrogens is 1. The van der Waals surface area contributed by atoms with Crippen molar-refractivity contribution in [1.82, 2.24) is 9.88 Å². The van der Waals surface area contributed by atoms with Crippen molar-refractivity contribution in [3.63, 3.8) is 0 Å². The summed E-state index contributed by atoms with van der Waals surface area (Å²) in [4.78, 5) is 33.6. The number of nitrogens with zero attached hydrogens (tertiary/aromatic N) is 1. The molecule has 0 saturated carbocycles. The molecule has 1 amide bonds. The van der Waals surface area contributed by atoms with E-state index in [1.165, 1.54) is 16.8 Å². The third kappa shape index (κ3) is 4.95. The van der Waals surface area contributed by atoms with Gasteiger partial charge in [-0.15, -0.1) is 0 Å². The molecule has 1 rings (SSSR count). The first-order chi connectivity index (χ1) is 8.90. The zero-order valence-electron chi connectivity index (χ0n) is 11.0. The van der Waals surface area contributed by atoms with Crippen molar-refractivity contribution in [2.75, 3.05) is 0 Å². The Bertz CT molecular complexity index is 522. The highest BCUT2D eigenvalue weighted by atomic mass is 16.4. The van der Waals surface area contributed by atoms with Gasteiger partial charge in [-0.05, 0) is 25.8 Å². The molecule has 0 aliphatic rings. The van der Waals surface area contributed by atoms with Crippen LogP contribution < -0.4 is 10.9 Å². The van der Waals surface area contributed by atoms with Gasteiger partial charge in [0, 0.05) is 37.3 Å². The fourth-order valence-corrected chi connectivity index (χ4v) is 1.63. The number of rotatable bonds is 6. The summed E-state index contributed by atoms with van der Waals surface area (Å²) in [7, 11) is 1.61. The topological polar surface area (TPSA) is 88.4 Å². The van der Waals surface area contributed by atoms with Crippen molar-refractivity contribution in [1.29, 1.82) is 0 Å². The number of aliphatic carboxylic acids is 1. The molecule has 6 heteroatoms. The van der Waals surface area contributed by atoms with Gasteiger partial charge in [0.15, 0.2) is 0 Å². The van der Waals surface area contributed by atoms with Crippen LogP contribution >= 0.6 is 0 Å². The summed E-state index contributed by atoms with van der Waals surface area (Å²) in [5.41, 5.74) is 0.0689. The lowest BCUT2D eigenvalue weighted by molar-refractivity contribution is -0.137. The summed E-state index contributed by atoms with van der Waals surface area (Å²) in [6.07, 6.45) is 2.72. The molecule has 0 saturated heterocycles. The smallest absolute Gasteiger partial charge is 0.303 e. The van der Waals surface area contributed by atoms with Gasteiger partial charge in [0.25, 0.3) is 11.5 Å². The van der Waals surface area contributed by atoms with Crippen LogP contribution in [0.3, 0.4) is 0 Å². The summed E-state index contributed by atoms with van der Waals surface area (Å²) >= 11 is 0. The van der Waals surface area contributed by atoms with Gasteiger partial charge in [-0.1, -0.05) is 0 Å². The average Bonchev–Trinajstić information content (AvgIpc) is 2.32. The van der Waals surface area contributed by atoms with E-state index in [9.17, 15) is 14.4 Å². The minimum atomic E-state index is -0.843. The van der Waals surface area contributed by atoms with E-state index in [1.54, 1.807) is 20.0 Å². The maximum Gasteiger partial charge on any atom is 0.303 e. The van der Waals surface area contributed by atoms with Crippen LogP contribution in [0.1, 0.15) is 36.5 Å². The first-order valence-corrected chi connectivity index (χ1v) is 6.09. The van der Waals surface area contributed by atoms with Crippen molar-refractivity contribution < 1.29 is 14.7 Å². The van der Waals surface area contributed by atoms with Crippen LogP contribution in [0.15, 0.2) is 23.1 Å². The van der Waals surface area contributed by atoms with E-state index in [4.69, 9.17) is 5.11 Å². The summed E-state index contributed by atoms with van der Waals surface area (Å²) in [6.45, 7) is 1.81. The van der Waals surface area contributed by atoms with E-state index >= 15 is 0 Å². The van der Waals surface area contributed by atoms with Crippen LogP contribution in [0.2, 0.25) is 0 Å². The van der Waals surface area contributed by atoms with Crippen LogP contribution in [-0.4, -0.2) is 27.6 Å². The molecule has 1 atom stereocenters.